The van der Waals surface area contributed by atoms with Crippen LogP contribution in [-0.2, 0) is 19.8 Å². The number of alkyl halides is 3. The van der Waals surface area contributed by atoms with Crippen molar-refractivity contribution in [1.82, 2.24) is 19.3 Å². The summed E-state index contributed by atoms with van der Waals surface area (Å²) in [5, 5.41) is 4.11. The van der Waals surface area contributed by atoms with Crippen molar-refractivity contribution in [1.29, 1.82) is 0 Å². The van der Waals surface area contributed by atoms with Gasteiger partial charge in [-0.05, 0) is 42.8 Å². The molecule has 0 aliphatic heterocycles. The van der Waals surface area contributed by atoms with Crippen LogP contribution in [-0.4, -0.2) is 19.3 Å². The highest BCUT2D eigenvalue weighted by molar-refractivity contribution is 7.18. The van der Waals surface area contributed by atoms with Crippen LogP contribution in [0.3, 0.4) is 0 Å². The molecule has 4 aromatic rings. The molecule has 0 radical (unpaired) electrons. The molecule has 0 N–H and O–H groups in total. The molecule has 0 atom stereocenters. The van der Waals surface area contributed by atoms with Crippen molar-refractivity contribution in [3.05, 3.63) is 69.3 Å². The maximum absolute atomic E-state index is 13.3. The second-order valence-electron chi connectivity index (χ2n) is 6.38. The van der Waals surface area contributed by atoms with E-state index in [4.69, 9.17) is 4.74 Å². The number of hydrogen-bond donors (Lipinski definition) is 0. The van der Waals surface area contributed by atoms with Gasteiger partial charge in [0.1, 0.15) is 17.4 Å². The van der Waals surface area contributed by atoms with Crippen molar-refractivity contribution in [2.24, 2.45) is 7.05 Å². The third-order valence-corrected chi connectivity index (χ3v) is 5.30. The molecule has 0 unspecified atom stereocenters. The number of benzene rings is 2. The highest BCUT2D eigenvalue weighted by Gasteiger charge is 2.39. The Balaban J connectivity index is 1.61. The molecule has 4 rings (SSSR count). The van der Waals surface area contributed by atoms with Crippen molar-refractivity contribution < 1.29 is 17.9 Å². The molecular formula is C19H15F3N4O2S. The van der Waals surface area contributed by atoms with Gasteiger partial charge in [0, 0.05) is 7.05 Å². The van der Waals surface area contributed by atoms with E-state index in [2.05, 4.69) is 10.1 Å². The summed E-state index contributed by atoms with van der Waals surface area (Å²) in [6, 6.07) is 12.3. The van der Waals surface area contributed by atoms with E-state index < -0.39 is 17.7 Å². The van der Waals surface area contributed by atoms with Gasteiger partial charge < -0.3 is 4.74 Å². The molecule has 2 aromatic carbocycles. The van der Waals surface area contributed by atoms with Crippen LogP contribution in [0.25, 0.3) is 15.9 Å². The lowest BCUT2D eigenvalue weighted by Gasteiger charge is -2.12. The van der Waals surface area contributed by atoms with E-state index >= 15 is 0 Å². The standard InChI is InChI=1S/C19H15F3N4O2S/c1-11-9-12(28-10-16-23-13-5-3-4-6-15(13)29-16)7-8-14(11)26-17(19(20,21)22)24-25(2)18(26)27/h3-9H,10H2,1-2H3. The number of aromatic nitrogens is 4. The van der Waals surface area contributed by atoms with Gasteiger partial charge in [0.05, 0.1) is 15.9 Å². The van der Waals surface area contributed by atoms with E-state index in [0.717, 1.165) is 15.2 Å². The van der Waals surface area contributed by atoms with Crippen molar-refractivity contribution in [3.63, 3.8) is 0 Å². The van der Waals surface area contributed by atoms with Crippen LogP contribution >= 0.6 is 11.3 Å². The predicted molar refractivity (Wildman–Crippen MR) is 102 cm³/mol. The molecule has 0 aliphatic carbocycles. The lowest BCUT2D eigenvalue weighted by atomic mass is 10.2. The van der Waals surface area contributed by atoms with Crippen molar-refractivity contribution in [3.8, 4) is 11.4 Å². The molecule has 0 fully saturated rings. The number of halogens is 3. The number of nitrogens with zero attached hydrogens (tertiary/aromatic N) is 4. The lowest BCUT2D eigenvalue weighted by molar-refractivity contribution is -0.146. The third-order valence-electron chi connectivity index (χ3n) is 4.29. The van der Waals surface area contributed by atoms with Crippen molar-refractivity contribution in [2.45, 2.75) is 19.7 Å². The first kappa shape index (κ1) is 19.2. The second-order valence-corrected chi connectivity index (χ2v) is 7.49. The Labute approximate surface area is 166 Å². The lowest BCUT2D eigenvalue weighted by Crippen LogP contribution is -2.24. The average molecular weight is 420 g/mol. The van der Waals surface area contributed by atoms with Crippen LogP contribution in [0.15, 0.2) is 47.3 Å². The van der Waals surface area contributed by atoms with E-state index in [1.54, 1.807) is 13.0 Å². The number of thiazole rings is 1. The van der Waals surface area contributed by atoms with E-state index in [9.17, 15) is 18.0 Å². The molecule has 6 nitrogen and oxygen atoms in total. The van der Waals surface area contributed by atoms with Gasteiger partial charge in [-0.3, -0.25) is 0 Å². The van der Waals surface area contributed by atoms with E-state index in [1.807, 2.05) is 24.3 Å². The highest BCUT2D eigenvalue weighted by Crippen LogP contribution is 2.30. The molecule has 10 heteroatoms. The summed E-state index contributed by atoms with van der Waals surface area (Å²) in [4.78, 5) is 16.7. The normalized spacial score (nSPS) is 11.9. The minimum absolute atomic E-state index is 0.0998. The Kier molecular flexibility index (Phi) is 4.65. The summed E-state index contributed by atoms with van der Waals surface area (Å²) < 4.78 is 47.8. The summed E-state index contributed by atoms with van der Waals surface area (Å²) in [5.74, 6) is -0.799. The maximum atomic E-state index is 13.3. The average Bonchev–Trinajstić information content (AvgIpc) is 3.21. The largest absolute Gasteiger partial charge is 0.486 e. The van der Waals surface area contributed by atoms with Gasteiger partial charge >= 0.3 is 11.9 Å². The van der Waals surface area contributed by atoms with Gasteiger partial charge in [0.25, 0.3) is 0 Å². The number of aryl methyl sites for hydroxylation is 2. The molecule has 150 valence electrons. The van der Waals surface area contributed by atoms with Crippen LogP contribution in [0.1, 0.15) is 16.4 Å². The number of hydrogen-bond acceptors (Lipinski definition) is 5. The molecule has 0 amide bonds. The minimum Gasteiger partial charge on any atom is -0.486 e. The Hall–Kier alpha value is -3.14. The minimum atomic E-state index is -4.76. The first-order valence-electron chi connectivity index (χ1n) is 8.55. The third kappa shape index (κ3) is 3.63. The molecule has 0 aliphatic rings. The monoisotopic (exact) mass is 420 g/mol. The van der Waals surface area contributed by atoms with Gasteiger partial charge in [-0.2, -0.15) is 13.2 Å². The summed E-state index contributed by atoms with van der Waals surface area (Å²) in [6.07, 6.45) is -4.76. The number of fused-ring (bicyclic) bond motifs is 1. The Bertz CT molecular complexity index is 1220. The van der Waals surface area contributed by atoms with E-state index in [-0.39, 0.29) is 12.3 Å². The Morgan fingerprint density at radius 2 is 1.93 bits per heavy atom. The molecule has 29 heavy (non-hydrogen) atoms. The maximum Gasteiger partial charge on any atom is 0.452 e. The molecular weight excluding hydrogens is 405 g/mol. The van der Waals surface area contributed by atoms with Crippen LogP contribution in [0.5, 0.6) is 5.75 Å². The van der Waals surface area contributed by atoms with Gasteiger partial charge in [0.2, 0.25) is 5.82 Å². The van der Waals surface area contributed by atoms with Crippen LogP contribution in [0.2, 0.25) is 0 Å². The topological polar surface area (TPSA) is 61.9 Å². The predicted octanol–water partition coefficient (Wildman–Crippen LogP) is 4.09. The molecule has 2 heterocycles. The van der Waals surface area contributed by atoms with Gasteiger partial charge in [0.15, 0.2) is 0 Å². The van der Waals surface area contributed by atoms with Gasteiger partial charge in [-0.1, -0.05) is 12.1 Å². The molecule has 0 spiro atoms. The van der Waals surface area contributed by atoms with E-state index in [1.165, 1.54) is 30.5 Å². The number of rotatable bonds is 4. The van der Waals surface area contributed by atoms with Crippen molar-refractivity contribution in [2.75, 3.05) is 0 Å². The van der Waals surface area contributed by atoms with Crippen molar-refractivity contribution >= 4 is 21.6 Å². The van der Waals surface area contributed by atoms with Crippen LogP contribution < -0.4 is 10.4 Å². The quantitative estimate of drug-likeness (QED) is 0.499. The Morgan fingerprint density at radius 1 is 1.17 bits per heavy atom. The molecule has 2 aromatic heterocycles. The molecule has 0 bridgehead atoms. The zero-order valence-corrected chi connectivity index (χ0v) is 16.2. The van der Waals surface area contributed by atoms with Crippen LogP contribution in [0, 0.1) is 6.92 Å². The fraction of sp³-hybridized carbons (Fsp3) is 0.211. The number of ether oxygens (including phenoxy) is 1. The first-order chi connectivity index (χ1) is 13.7. The zero-order valence-electron chi connectivity index (χ0n) is 15.4. The molecule has 0 saturated heterocycles. The number of para-hydroxylation sites is 1. The van der Waals surface area contributed by atoms with Gasteiger partial charge in [-0.25, -0.2) is 19.0 Å². The summed E-state index contributed by atoms with van der Waals surface area (Å²) in [5.41, 5.74) is 0.567. The first-order valence-corrected chi connectivity index (χ1v) is 9.37. The fourth-order valence-electron chi connectivity index (χ4n) is 2.96. The fourth-order valence-corrected chi connectivity index (χ4v) is 3.84. The SMILES string of the molecule is Cc1cc(OCc2nc3ccccc3s2)ccc1-n1c(C(F)(F)F)nn(C)c1=O. The highest BCUT2D eigenvalue weighted by atomic mass is 32.1. The smallest absolute Gasteiger partial charge is 0.452 e. The van der Waals surface area contributed by atoms with Crippen LogP contribution in [0.4, 0.5) is 13.2 Å². The molecule has 0 saturated carbocycles. The zero-order chi connectivity index (χ0) is 20.8. The Morgan fingerprint density at radius 3 is 2.62 bits per heavy atom. The summed E-state index contributed by atoms with van der Waals surface area (Å²) >= 11 is 1.51. The van der Waals surface area contributed by atoms with Gasteiger partial charge in [-0.15, -0.1) is 16.4 Å². The second kappa shape index (κ2) is 7.03. The summed E-state index contributed by atoms with van der Waals surface area (Å²) in [7, 11) is 1.18. The van der Waals surface area contributed by atoms with E-state index in [0.29, 0.717) is 20.6 Å². The summed E-state index contributed by atoms with van der Waals surface area (Å²) in [6.45, 7) is 1.85.